The van der Waals surface area contributed by atoms with Gasteiger partial charge < -0.3 is 25.0 Å². The molecule has 8 heteroatoms. The molecule has 1 heterocycles. The molecule has 1 aliphatic heterocycles. The lowest BCUT2D eigenvalue weighted by Gasteiger charge is -2.31. The number of anilines is 1. The second kappa shape index (κ2) is 9.65. The number of nitrogens with one attached hydrogen (secondary N) is 2. The lowest BCUT2D eigenvalue weighted by molar-refractivity contribution is -0.127. The van der Waals surface area contributed by atoms with Crippen LogP contribution in [0.25, 0.3) is 0 Å². The maximum absolute atomic E-state index is 12.1. The quantitative estimate of drug-likeness (QED) is 0.751. The van der Waals surface area contributed by atoms with Gasteiger partial charge in [-0.05, 0) is 31.9 Å². The number of methoxy groups -OCH3 is 1. The van der Waals surface area contributed by atoms with Crippen LogP contribution in [0.3, 0.4) is 0 Å². The zero-order valence-electron chi connectivity index (χ0n) is 15.1. The fourth-order valence-electron chi connectivity index (χ4n) is 2.75. The number of rotatable bonds is 6. The molecule has 1 aromatic rings. The Morgan fingerprint density at radius 1 is 1.19 bits per heavy atom. The average Bonchev–Trinajstić information content (AvgIpc) is 2.62. The lowest BCUT2D eigenvalue weighted by Crippen LogP contribution is -2.47. The van der Waals surface area contributed by atoms with Crippen LogP contribution in [0.15, 0.2) is 24.3 Å². The molecule has 8 nitrogen and oxygen atoms in total. The van der Waals surface area contributed by atoms with Crippen molar-refractivity contribution < 1.29 is 23.9 Å². The van der Waals surface area contributed by atoms with Crippen LogP contribution in [0.5, 0.6) is 5.75 Å². The summed E-state index contributed by atoms with van der Waals surface area (Å²) in [5.74, 6) is -0.0969. The Morgan fingerprint density at radius 2 is 1.92 bits per heavy atom. The monoisotopic (exact) mass is 363 g/mol. The van der Waals surface area contributed by atoms with E-state index in [1.165, 1.54) is 0 Å². The molecule has 26 heavy (non-hydrogen) atoms. The topological polar surface area (TPSA) is 97.0 Å². The highest BCUT2D eigenvalue weighted by Crippen LogP contribution is 2.17. The van der Waals surface area contributed by atoms with Gasteiger partial charge in [-0.2, -0.15) is 0 Å². The van der Waals surface area contributed by atoms with Gasteiger partial charge in [0.2, 0.25) is 11.8 Å². The van der Waals surface area contributed by atoms with Gasteiger partial charge in [0.1, 0.15) is 12.2 Å². The number of likely N-dealkylation sites (tertiary alicyclic amines) is 1. The minimum absolute atomic E-state index is 0.0437. The van der Waals surface area contributed by atoms with Gasteiger partial charge in [0.25, 0.3) is 0 Å². The highest BCUT2D eigenvalue weighted by atomic mass is 16.6. The molecule has 0 aromatic heterocycles. The molecule has 142 valence electrons. The predicted molar refractivity (Wildman–Crippen MR) is 96.0 cm³/mol. The molecule has 0 unspecified atom stereocenters. The minimum atomic E-state index is -0.389. The number of nitrogens with zero attached hydrogens (tertiary/aromatic N) is 1. The van der Waals surface area contributed by atoms with Crippen LogP contribution >= 0.6 is 0 Å². The van der Waals surface area contributed by atoms with Crippen molar-refractivity contribution in [2.45, 2.75) is 32.2 Å². The van der Waals surface area contributed by atoms with Gasteiger partial charge in [-0.1, -0.05) is 6.07 Å². The van der Waals surface area contributed by atoms with Gasteiger partial charge in [0.15, 0.2) is 0 Å². The summed E-state index contributed by atoms with van der Waals surface area (Å²) in [6, 6.07) is 6.89. The standard InChI is InChI=1S/C18H25N3O5/c1-3-26-18(24)21-9-7-13(8-10-21)19-16(22)12-17(23)20-14-5-4-6-15(11-14)25-2/h4-6,11,13H,3,7-10,12H2,1-2H3,(H,19,22)(H,20,23). The molecule has 1 aromatic carbocycles. The lowest BCUT2D eigenvalue weighted by atomic mass is 10.1. The molecule has 2 N–H and O–H groups in total. The summed E-state index contributed by atoms with van der Waals surface area (Å²) in [5, 5.41) is 5.52. The summed E-state index contributed by atoms with van der Waals surface area (Å²) in [6.07, 6.45) is 0.703. The largest absolute Gasteiger partial charge is 0.497 e. The SMILES string of the molecule is CCOC(=O)N1CCC(NC(=O)CC(=O)Nc2cccc(OC)c2)CC1. The first-order valence-electron chi connectivity index (χ1n) is 8.66. The van der Waals surface area contributed by atoms with Crippen molar-refractivity contribution >= 4 is 23.6 Å². The Hall–Kier alpha value is -2.77. The molecular formula is C18H25N3O5. The number of hydrogen-bond donors (Lipinski definition) is 2. The Bertz CT molecular complexity index is 641. The zero-order valence-corrected chi connectivity index (χ0v) is 15.1. The van der Waals surface area contributed by atoms with Crippen LogP contribution in [-0.4, -0.2) is 55.7 Å². The first kappa shape index (κ1) is 19.6. The predicted octanol–water partition coefficient (Wildman–Crippen LogP) is 1.76. The van der Waals surface area contributed by atoms with Gasteiger partial charge in [0.05, 0.1) is 13.7 Å². The normalized spacial score (nSPS) is 14.5. The van der Waals surface area contributed by atoms with Crippen molar-refractivity contribution in [3.63, 3.8) is 0 Å². The number of carbonyl (C=O) groups is 3. The van der Waals surface area contributed by atoms with Crippen LogP contribution in [0.4, 0.5) is 10.5 Å². The molecule has 0 bridgehead atoms. The Balaban J connectivity index is 1.73. The van der Waals surface area contributed by atoms with Gasteiger partial charge in [-0.25, -0.2) is 4.79 Å². The van der Waals surface area contributed by atoms with Crippen molar-refractivity contribution in [2.24, 2.45) is 0 Å². The second-order valence-corrected chi connectivity index (χ2v) is 5.98. The second-order valence-electron chi connectivity index (χ2n) is 5.98. The van der Waals surface area contributed by atoms with E-state index < -0.39 is 0 Å². The van der Waals surface area contributed by atoms with Crippen LogP contribution in [0.2, 0.25) is 0 Å². The number of amides is 3. The molecule has 0 atom stereocenters. The molecule has 3 amide bonds. The van der Waals surface area contributed by atoms with Crippen molar-refractivity contribution in [3.8, 4) is 5.75 Å². The molecule has 0 saturated carbocycles. The average molecular weight is 363 g/mol. The summed E-state index contributed by atoms with van der Waals surface area (Å²) in [4.78, 5) is 37.3. The molecule has 1 fully saturated rings. The van der Waals surface area contributed by atoms with E-state index in [4.69, 9.17) is 9.47 Å². The summed E-state index contributed by atoms with van der Waals surface area (Å²) < 4.78 is 10.1. The molecule has 0 radical (unpaired) electrons. The van der Waals surface area contributed by atoms with E-state index in [0.29, 0.717) is 44.0 Å². The fraction of sp³-hybridized carbons (Fsp3) is 0.500. The van der Waals surface area contributed by atoms with Crippen molar-refractivity contribution in [1.82, 2.24) is 10.2 Å². The van der Waals surface area contributed by atoms with Gasteiger partial charge in [-0.3, -0.25) is 9.59 Å². The van der Waals surface area contributed by atoms with Crippen LogP contribution in [0.1, 0.15) is 26.2 Å². The first-order chi connectivity index (χ1) is 12.5. The van der Waals surface area contributed by atoms with E-state index in [-0.39, 0.29) is 30.4 Å². The van der Waals surface area contributed by atoms with E-state index in [0.717, 1.165) is 0 Å². The van der Waals surface area contributed by atoms with E-state index in [1.54, 1.807) is 43.2 Å². The number of benzene rings is 1. The summed E-state index contributed by atoms with van der Waals surface area (Å²) in [6.45, 7) is 3.17. The van der Waals surface area contributed by atoms with Crippen LogP contribution < -0.4 is 15.4 Å². The third kappa shape index (κ3) is 5.94. The summed E-state index contributed by atoms with van der Waals surface area (Å²) >= 11 is 0. The number of ether oxygens (including phenoxy) is 2. The maximum Gasteiger partial charge on any atom is 0.409 e. The van der Waals surface area contributed by atoms with Crippen molar-refractivity contribution in [1.29, 1.82) is 0 Å². The Morgan fingerprint density at radius 3 is 2.58 bits per heavy atom. The maximum atomic E-state index is 12.1. The van der Waals surface area contributed by atoms with E-state index in [9.17, 15) is 14.4 Å². The smallest absolute Gasteiger partial charge is 0.409 e. The molecule has 0 spiro atoms. The highest BCUT2D eigenvalue weighted by Gasteiger charge is 2.25. The first-order valence-corrected chi connectivity index (χ1v) is 8.66. The third-order valence-corrected chi connectivity index (χ3v) is 4.06. The zero-order chi connectivity index (χ0) is 18.9. The molecule has 2 rings (SSSR count). The van der Waals surface area contributed by atoms with E-state index in [2.05, 4.69) is 10.6 Å². The third-order valence-electron chi connectivity index (χ3n) is 4.06. The number of hydrogen-bond acceptors (Lipinski definition) is 5. The van der Waals surface area contributed by atoms with Gasteiger partial charge in [0, 0.05) is 30.9 Å². The van der Waals surface area contributed by atoms with Crippen molar-refractivity contribution in [3.05, 3.63) is 24.3 Å². The molecular weight excluding hydrogens is 338 g/mol. The van der Waals surface area contributed by atoms with E-state index >= 15 is 0 Å². The number of carbonyl (C=O) groups excluding carboxylic acids is 3. The molecule has 1 aliphatic rings. The number of piperidine rings is 1. The summed E-state index contributed by atoms with van der Waals surface area (Å²) in [7, 11) is 1.54. The van der Waals surface area contributed by atoms with Gasteiger partial charge in [-0.15, -0.1) is 0 Å². The minimum Gasteiger partial charge on any atom is -0.497 e. The Kier molecular flexibility index (Phi) is 7.25. The fourth-order valence-corrected chi connectivity index (χ4v) is 2.75. The van der Waals surface area contributed by atoms with Crippen molar-refractivity contribution in [2.75, 3.05) is 32.1 Å². The highest BCUT2D eigenvalue weighted by molar-refractivity contribution is 6.03. The van der Waals surface area contributed by atoms with Gasteiger partial charge >= 0.3 is 6.09 Å². The Labute approximate surface area is 152 Å². The summed E-state index contributed by atoms with van der Waals surface area (Å²) in [5.41, 5.74) is 0.574. The van der Waals surface area contributed by atoms with E-state index in [1.807, 2.05) is 0 Å². The van der Waals surface area contributed by atoms with Crippen LogP contribution in [-0.2, 0) is 14.3 Å². The van der Waals surface area contributed by atoms with Crippen LogP contribution in [0, 0.1) is 0 Å². The molecule has 0 aliphatic carbocycles. The molecule has 1 saturated heterocycles.